The lowest BCUT2D eigenvalue weighted by Gasteiger charge is -1.90. The van der Waals surface area contributed by atoms with Gasteiger partial charge in [0.15, 0.2) is 0 Å². The molecule has 2 rings (SSSR count). The van der Waals surface area contributed by atoms with Crippen LogP contribution in [0.25, 0.3) is 0 Å². The molecule has 0 aliphatic rings. The molecule has 0 bridgehead atoms. The number of nitrogens with zero attached hydrogens (tertiary/aromatic N) is 2. The predicted molar refractivity (Wildman–Crippen MR) is 81.4 cm³/mol. The Kier molecular flexibility index (Phi) is 8.21. The standard InChI is InChI=1S/C7H9N.C6H9NS.C2H6/c1-6-4-3-5-7(2)8-6;1-4-5(2)8-6(3)7-4;1-2/h3-5H,1-2H3;1-3H3;1-2H3. The number of hydrogen-bond donors (Lipinski definition) is 0. The Morgan fingerprint density at radius 3 is 1.50 bits per heavy atom. The van der Waals surface area contributed by atoms with Gasteiger partial charge in [0.25, 0.3) is 0 Å². The molecule has 0 unspecified atom stereocenters. The van der Waals surface area contributed by atoms with E-state index in [-0.39, 0.29) is 0 Å². The van der Waals surface area contributed by atoms with Gasteiger partial charge in [-0.15, -0.1) is 11.3 Å². The molecule has 0 saturated carbocycles. The van der Waals surface area contributed by atoms with Crippen LogP contribution in [-0.4, -0.2) is 9.97 Å². The molecule has 18 heavy (non-hydrogen) atoms. The maximum atomic E-state index is 4.23. The molecule has 0 N–H and O–H groups in total. The van der Waals surface area contributed by atoms with Gasteiger partial charge in [-0.05, 0) is 46.8 Å². The summed E-state index contributed by atoms with van der Waals surface area (Å²) in [6.45, 7) is 14.2. The first-order valence-electron chi connectivity index (χ1n) is 6.30. The van der Waals surface area contributed by atoms with Crippen molar-refractivity contribution >= 4 is 11.3 Å². The summed E-state index contributed by atoms with van der Waals surface area (Å²) in [6.07, 6.45) is 0. The van der Waals surface area contributed by atoms with Crippen molar-refractivity contribution in [3.05, 3.63) is 45.2 Å². The van der Waals surface area contributed by atoms with Gasteiger partial charge in [-0.25, -0.2) is 4.98 Å². The van der Waals surface area contributed by atoms with Crippen LogP contribution in [0.3, 0.4) is 0 Å². The van der Waals surface area contributed by atoms with Crippen molar-refractivity contribution in [1.82, 2.24) is 9.97 Å². The van der Waals surface area contributed by atoms with Crippen LogP contribution in [0, 0.1) is 34.6 Å². The van der Waals surface area contributed by atoms with E-state index in [1.807, 2.05) is 59.7 Å². The average Bonchev–Trinajstić information content (AvgIpc) is 2.59. The van der Waals surface area contributed by atoms with Crippen LogP contribution in [0.2, 0.25) is 0 Å². The molecular formula is C15H24N2S. The number of aryl methyl sites for hydroxylation is 5. The summed E-state index contributed by atoms with van der Waals surface area (Å²) in [5, 5.41) is 1.17. The Morgan fingerprint density at radius 1 is 0.833 bits per heavy atom. The van der Waals surface area contributed by atoms with E-state index in [1.54, 1.807) is 11.3 Å². The van der Waals surface area contributed by atoms with Crippen LogP contribution in [0.4, 0.5) is 0 Å². The second-order valence-corrected chi connectivity index (χ2v) is 5.20. The Morgan fingerprint density at radius 2 is 1.33 bits per heavy atom. The van der Waals surface area contributed by atoms with E-state index < -0.39 is 0 Å². The van der Waals surface area contributed by atoms with Gasteiger partial charge in [-0.3, -0.25) is 4.98 Å². The molecule has 2 aromatic heterocycles. The van der Waals surface area contributed by atoms with Gasteiger partial charge in [-0.2, -0.15) is 0 Å². The third kappa shape index (κ3) is 6.50. The van der Waals surface area contributed by atoms with E-state index in [0.29, 0.717) is 0 Å². The zero-order valence-corrected chi connectivity index (χ0v) is 13.4. The fraction of sp³-hybridized carbons (Fsp3) is 0.467. The lowest BCUT2D eigenvalue weighted by Crippen LogP contribution is -1.81. The molecule has 0 aromatic carbocycles. The maximum Gasteiger partial charge on any atom is 0.0899 e. The average molecular weight is 264 g/mol. The fourth-order valence-electron chi connectivity index (χ4n) is 1.31. The second-order valence-electron chi connectivity index (χ2n) is 3.79. The molecule has 0 aliphatic carbocycles. The molecule has 0 atom stereocenters. The van der Waals surface area contributed by atoms with Gasteiger partial charge in [0.2, 0.25) is 0 Å². The lowest BCUT2D eigenvalue weighted by atomic mass is 10.3. The van der Waals surface area contributed by atoms with E-state index in [9.17, 15) is 0 Å². The topological polar surface area (TPSA) is 25.8 Å². The number of pyridine rings is 1. The number of aromatic nitrogens is 2. The van der Waals surface area contributed by atoms with E-state index in [4.69, 9.17) is 0 Å². The first-order valence-corrected chi connectivity index (χ1v) is 7.11. The molecule has 3 heteroatoms. The van der Waals surface area contributed by atoms with Crippen molar-refractivity contribution in [2.24, 2.45) is 0 Å². The van der Waals surface area contributed by atoms with Gasteiger partial charge in [0, 0.05) is 16.3 Å². The van der Waals surface area contributed by atoms with Gasteiger partial charge >= 0.3 is 0 Å². The van der Waals surface area contributed by atoms with Gasteiger partial charge < -0.3 is 0 Å². The van der Waals surface area contributed by atoms with Crippen molar-refractivity contribution in [3.8, 4) is 0 Å². The monoisotopic (exact) mass is 264 g/mol. The summed E-state index contributed by atoms with van der Waals surface area (Å²) in [6, 6.07) is 6.00. The minimum Gasteiger partial charge on any atom is -0.258 e. The van der Waals surface area contributed by atoms with Crippen LogP contribution < -0.4 is 0 Å². The van der Waals surface area contributed by atoms with Crippen molar-refractivity contribution in [2.45, 2.75) is 48.5 Å². The smallest absolute Gasteiger partial charge is 0.0899 e. The third-order valence-corrected chi connectivity index (χ3v) is 3.15. The molecule has 0 aliphatic heterocycles. The highest BCUT2D eigenvalue weighted by atomic mass is 32.1. The van der Waals surface area contributed by atoms with E-state index in [1.165, 1.54) is 15.6 Å². The molecule has 2 nitrogen and oxygen atoms in total. The summed E-state index contributed by atoms with van der Waals surface area (Å²) in [7, 11) is 0. The van der Waals surface area contributed by atoms with Gasteiger partial charge in [0.05, 0.1) is 10.7 Å². The zero-order valence-electron chi connectivity index (χ0n) is 12.5. The molecule has 0 saturated heterocycles. The quantitative estimate of drug-likeness (QED) is 0.683. The summed E-state index contributed by atoms with van der Waals surface area (Å²) in [5.74, 6) is 0. The van der Waals surface area contributed by atoms with Crippen LogP contribution in [0.5, 0.6) is 0 Å². The number of thiazole rings is 1. The first kappa shape index (κ1) is 16.8. The minimum absolute atomic E-state index is 1.09. The lowest BCUT2D eigenvalue weighted by molar-refractivity contribution is 1.12. The van der Waals surface area contributed by atoms with E-state index in [2.05, 4.69) is 16.9 Å². The summed E-state index contributed by atoms with van der Waals surface area (Å²) < 4.78 is 0. The van der Waals surface area contributed by atoms with E-state index in [0.717, 1.165) is 11.4 Å². The zero-order chi connectivity index (χ0) is 14.1. The Hall–Kier alpha value is -1.22. The van der Waals surface area contributed by atoms with Crippen LogP contribution in [0.1, 0.15) is 40.8 Å². The number of hydrogen-bond acceptors (Lipinski definition) is 3. The normalized spacial score (nSPS) is 8.83. The predicted octanol–water partition coefficient (Wildman–Crippen LogP) is 4.79. The van der Waals surface area contributed by atoms with Crippen molar-refractivity contribution in [3.63, 3.8) is 0 Å². The number of rotatable bonds is 0. The summed E-state index contributed by atoms with van der Waals surface area (Å²) >= 11 is 1.76. The highest BCUT2D eigenvalue weighted by Gasteiger charge is 1.95. The van der Waals surface area contributed by atoms with Crippen molar-refractivity contribution in [2.75, 3.05) is 0 Å². The molecule has 0 radical (unpaired) electrons. The van der Waals surface area contributed by atoms with Crippen molar-refractivity contribution < 1.29 is 0 Å². The molecule has 0 spiro atoms. The van der Waals surface area contributed by atoms with Gasteiger partial charge in [-0.1, -0.05) is 19.9 Å². The highest BCUT2D eigenvalue weighted by Crippen LogP contribution is 2.14. The van der Waals surface area contributed by atoms with Crippen LogP contribution in [0.15, 0.2) is 18.2 Å². The van der Waals surface area contributed by atoms with Crippen LogP contribution in [-0.2, 0) is 0 Å². The molecular weight excluding hydrogens is 240 g/mol. The molecule has 0 amide bonds. The minimum atomic E-state index is 1.09. The molecule has 100 valence electrons. The summed E-state index contributed by atoms with van der Waals surface area (Å²) in [4.78, 5) is 9.74. The fourth-order valence-corrected chi connectivity index (χ4v) is 2.13. The third-order valence-electron chi connectivity index (χ3n) is 2.16. The first-order chi connectivity index (χ1) is 8.49. The highest BCUT2D eigenvalue weighted by molar-refractivity contribution is 7.11. The Bertz CT molecular complexity index is 425. The van der Waals surface area contributed by atoms with Crippen LogP contribution >= 0.6 is 11.3 Å². The largest absolute Gasteiger partial charge is 0.258 e. The molecule has 2 aromatic rings. The summed E-state index contributed by atoms with van der Waals surface area (Å²) in [5.41, 5.74) is 3.35. The molecule has 2 heterocycles. The SMILES string of the molecule is CC.Cc1cccc(C)n1.Cc1nc(C)c(C)s1. The van der Waals surface area contributed by atoms with Crippen molar-refractivity contribution in [1.29, 1.82) is 0 Å². The Labute approximate surface area is 115 Å². The second kappa shape index (κ2) is 8.81. The Balaban J connectivity index is 0.000000283. The van der Waals surface area contributed by atoms with E-state index >= 15 is 0 Å². The maximum absolute atomic E-state index is 4.23. The molecule has 0 fully saturated rings. The van der Waals surface area contributed by atoms with Gasteiger partial charge in [0.1, 0.15) is 0 Å².